The van der Waals surface area contributed by atoms with Gasteiger partial charge in [0.15, 0.2) is 6.10 Å². The Labute approximate surface area is 185 Å². The second kappa shape index (κ2) is 9.01. The van der Waals surface area contributed by atoms with Crippen molar-refractivity contribution in [3.63, 3.8) is 0 Å². The van der Waals surface area contributed by atoms with Gasteiger partial charge in [-0.25, -0.2) is 9.97 Å². The van der Waals surface area contributed by atoms with E-state index < -0.39 is 6.10 Å². The van der Waals surface area contributed by atoms with Gasteiger partial charge in [0.05, 0.1) is 0 Å². The minimum absolute atomic E-state index is 0.0172. The van der Waals surface area contributed by atoms with Gasteiger partial charge in [-0.05, 0) is 45.2 Å². The summed E-state index contributed by atoms with van der Waals surface area (Å²) in [5, 5.41) is 2.60. The molecule has 162 valence electrons. The van der Waals surface area contributed by atoms with Crippen molar-refractivity contribution in [2.45, 2.75) is 45.6 Å². The molecule has 0 spiro atoms. The first-order valence-electron chi connectivity index (χ1n) is 10.4. The van der Waals surface area contributed by atoms with Crippen LogP contribution in [-0.2, 0) is 4.79 Å². The monoisotopic (exact) mass is 438 g/mol. The zero-order valence-electron chi connectivity index (χ0n) is 17.9. The molecule has 1 unspecified atom stereocenters. The van der Waals surface area contributed by atoms with Crippen LogP contribution in [0, 0.1) is 13.8 Å². The van der Waals surface area contributed by atoms with Crippen molar-refractivity contribution in [3.05, 3.63) is 63.1 Å². The topological polar surface area (TPSA) is 88.2 Å². The van der Waals surface area contributed by atoms with Gasteiger partial charge in [0.2, 0.25) is 0 Å². The normalized spacial score (nSPS) is 15.6. The summed E-state index contributed by atoms with van der Waals surface area (Å²) >= 11 is 1.46. The number of carbonyl (C=O) groups is 1. The second-order valence-corrected chi connectivity index (χ2v) is 8.88. The molecule has 1 fully saturated rings. The molecule has 0 bridgehead atoms. The number of thiazole rings is 1. The molecule has 3 heterocycles. The van der Waals surface area contributed by atoms with Gasteiger partial charge in [0.25, 0.3) is 11.5 Å². The van der Waals surface area contributed by atoms with Gasteiger partial charge in [0.1, 0.15) is 22.3 Å². The molecule has 0 saturated carbocycles. The number of piperidine rings is 1. The van der Waals surface area contributed by atoms with Crippen molar-refractivity contribution in [3.8, 4) is 16.5 Å². The van der Waals surface area contributed by atoms with Crippen LogP contribution in [-0.4, -0.2) is 45.0 Å². The maximum absolute atomic E-state index is 12.9. The molecule has 4 rings (SSSR count). The molecule has 7 nitrogen and oxygen atoms in total. The Bertz CT molecular complexity index is 1120. The molecular weight excluding hydrogens is 412 g/mol. The number of carbonyl (C=O) groups excluding carboxylic acids is 1. The fourth-order valence-electron chi connectivity index (χ4n) is 3.93. The number of aromatic amines is 1. The Kier molecular flexibility index (Phi) is 6.18. The molecule has 2 aromatic heterocycles. The third-order valence-corrected chi connectivity index (χ3v) is 6.38. The predicted molar refractivity (Wildman–Crippen MR) is 121 cm³/mol. The van der Waals surface area contributed by atoms with Crippen molar-refractivity contribution in [2.75, 3.05) is 13.1 Å². The summed E-state index contributed by atoms with van der Waals surface area (Å²) in [5.41, 5.74) is 2.61. The summed E-state index contributed by atoms with van der Waals surface area (Å²) in [5.74, 6) is 1.50. The number of likely N-dealkylation sites (tertiary alicyclic amines) is 1. The van der Waals surface area contributed by atoms with E-state index in [1.54, 1.807) is 13.1 Å². The summed E-state index contributed by atoms with van der Waals surface area (Å²) < 4.78 is 5.94. The zero-order chi connectivity index (χ0) is 22.0. The highest BCUT2D eigenvalue weighted by molar-refractivity contribution is 7.13. The van der Waals surface area contributed by atoms with Crippen molar-refractivity contribution in [2.24, 2.45) is 0 Å². The molecule has 1 aliphatic heterocycles. The van der Waals surface area contributed by atoms with Crippen LogP contribution in [0.15, 0.2) is 40.6 Å². The lowest BCUT2D eigenvalue weighted by Gasteiger charge is -2.33. The third-order valence-electron chi connectivity index (χ3n) is 5.59. The van der Waals surface area contributed by atoms with Crippen molar-refractivity contribution >= 4 is 17.2 Å². The third kappa shape index (κ3) is 4.85. The number of ether oxygens (including phenoxy) is 1. The molecule has 1 saturated heterocycles. The van der Waals surface area contributed by atoms with Crippen molar-refractivity contribution in [1.82, 2.24) is 19.9 Å². The molecule has 8 heteroatoms. The van der Waals surface area contributed by atoms with Gasteiger partial charge >= 0.3 is 0 Å². The van der Waals surface area contributed by atoms with Gasteiger partial charge in [-0.15, -0.1) is 11.3 Å². The van der Waals surface area contributed by atoms with Gasteiger partial charge in [0, 0.05) is 36.7 Å². The summed E-state index contributed by atoms with van der Waals surface area (Å²) in [7, 11) is 0. The number of nitrogens with zero attached hydrogens (tertiary/aromatic N) is 3. The van der Waals surface area contributed by atoms with E-state index in [2.05, 4.69) is 15.0 Å². The summed E-state index contributed by atoms with van der Waals surface area (Å²) in [6, 6.07) is 7.43. The molecule has 1 atom stereocenters. The second-order valence-electron chi connectivity index (χ2n) is 7.98. The maximum atomic E-state index is 12.9. The fraction of sp³-hybridized carbons (Fsp3) is 0.391. The smallest absolute Gasteiger partial charge is 0.263 e. The zero-order valence-corrected chi connectivity index (χ0v) is 18.7. The lowest BCUT2D eigenvalue weighted by Crippen LogP contribution is -2.44. The van der Waals surface area contributed by atoms with Gasteiger partial charge in [-0.3, -0.25) is 9.59 Å². The maximum Gasteiger partial charge on any atom is 0.263 e. The van der Waals surface area contributed by atoms with Crippen LogP contribution in [0.5, 0.6) is 5.75 Å². The van der Waals surface area contributed by atoms with Crippen LogP contribution >= 0.6 is 11.3 Å². The Hall–Kier alpha value is -3.00. The Morgan fingerprint density at radius 1 is 1.26 bits per heavy atom. The Balaban J connectivity index is 1.39. The number of benzene rings is 1. The number of amides is 1. The van der Waals surface area contributed by atoms with E-state index in [-0.39, 0.29) is 17.4 Å². The molecule has 3 aromatic rings. The van der Waals surface area contributed by atoms with E-state index in [0.717, 1.165) is 34.7 Å². The lowest BCUT2D eigenvalue weighted by atomic mass is 9.95. The van der Waals surface area contributed by atoms with Crippen molar-refractivity contribution in [1.29, 1.82) is 0 Å². The number of hydrogen-bond acceptors (Lipinski definition) is 6. The van der Waals surface area contributed by atoms with Crippen LogP contribution in [0.4, 0.5) is 0 Å². The minimum Gasteiger partial charge on any atom is -0.481 e. The first-order chi connectivity index (χ1) is 14.9. The molecule has 1 aromatic carbocycles. The summed E-state index contributed by atoms with van der Waals surface area (Å²) in [6.45, 7) is 7.03. The number of aryl methyl sites for hydroxylation is 2. The average molecular weight is 439 g/mol. The summed E-state index contributed by atoms with van der Waals surface area (Å²) in [4.78, 5) is 38.6. The van der Waals surface area contributed by atoms with Crippen LogP contribution < -0.4 is 10.3 Å². The number of H-pyrrole nitrogens is 1. The molecule has 1 N–H and O–H groups in total. The lowest BCUT2D eigenvalue weighted by molar-refractivity contribution is -0.139. The van der Waals surface area contributed by atoms with E-state index in [0.29, 0.717) is 24.6 Å². The predicted octanol–water partition coefficient (Wildman–Crippen LogP) is 3.68. The van der Waals surface area contributed by atoms with Crippen LogP contribution in [0.2, 0.25) is 0 Å². The van der Waals surface area contributed by atoms with E-state index >= 15 is 0 Å². The van der Waals surface area contributed by atoms with Crippen LogP contribution in [0.25, 0.3) is 10.7 Å². The molecule has 31 heavy (non-hydrogen) atoms. The van der Waals surface area contributed by atoms with E-state index in [4.69, 9.17) is 4.74 Å². The first kappa shape index (κ1) is 21.2. The fourth-order valence-corrected chi connectivity index (χ4v) is 4.53. The Morgan fingerprint density at radius 3 is 2.71 bits per heavy atom. The Morgan fingerprint density at radius 2 is 2.03 bits per heavy atom. The highest BCUT2D eigenvalue weighted by Crippen LogP contribution is 2.28. The van der Waals surface area contributed by atoms with Gasteiger partial charge in [-0.1, -0.05) is 17.7 Å². The van der Waals surface area contributed by atoms with Gasteiger partial charge < -0.3 is 14.6 Å². The van der Waals surface area contributed by atoms with E-state index in [1.165, 1.54) is 17.4 Å². The number of hydrogen-bond donors (Lipinski definition) is 1. The van der Waals surface area contributed by atoms with Crippen molar-refractivity contribution < 1.29 is 9.53 Å². The summed E-state index contributed by atoms with van der Waals surface area (Å²) in [6.07, 6.45) is 2.64. The molecule has 0 aliphatic carbocycles. The highest BCUT2D eigenvalue weighted by Gasteiger charge is 2.29. The number of nitrogens with one attached hydrogen (secondary N) is 1. The van der Waals surface area contributed by atoms with E-state index in [9.17, 15) is 9.59 Å². The largest absolute Gasteiger partial charge is 0.481 e. The van der Waals surface area contributed by atoms with Crippen LogP contribution in [0.3, 0.4) is 0 Å². The van der Waals surface area contributed by atoms with E-state index in [1.807, 2.05) is 42.3 Å². The molecule has 1 aliphatic rings. The quantitative estimate of drug-likeness (QED) is 0.656. The molecule has 1 amide bonds. The molecule has 0 radical (unpaired) electrons. The number of aromatic nitrogens is 3. The minimum atomic E-state index is -0.552. The first-order valence-corrected chi connectivity index (χ1v) is 11.3. The van der Waals surface area contributed by atoms with Crippen LogP contribution in [0.1, 0.15) is 42.6 Å². The average Bonchev–Trinajstić information content (AvgIpc) is 3.30. The molecular formula is C23H26N4O3S. The van der Waals surface area contributed by atoms with Gasteiger partial charge in [-0.2, -0.15) is 0 Å². The standard InChI is InChI=1S/C23H26N4O3S/c1-14-4-5-19(15(2)12-14)30-16(3)23(29)27-9-6-17(7-10-27)21-25-18(13-20(28)26-21)22-24-8-11-31-22/h4-5,8,11-13,16-17H,6-7,9-10H2,1-3H3,(H,25,26,28). The SMILES string of the molecule is Cc1ccc(OC(C)C(=O)N2CCC(c3nc(-c4nccs4)cc(=O)[nH]3)CC2)c(C)c1. The highest BCUT2D eigenvalue weighted by atomic mass is 32.1. The number of rotatable bonds is 5.